The summed E-state index contributed by atoms with van der Waals surface area (Å²) in [6, 6.07) is 2.10. The van der Waals surface area contributed by atoms with Gasteiger partial charge >= 0.3 is 0 Å². The van der Waals surface area contributed by atoms with Crippen LogP contribution >= 0.6 is 11.8 Å². The van der Waals surface area contributed by atoms with E-state index in [-0.39, 0.29) is 11.5 Å². The fourth-order valence-corrected chi connectivity index (χ4v) is 3.02. The summed E-state index contributed by atoms with van der Waals surface area (Å²) in [5.41, 5.74) is 2.71. The van der Waals surface area contributed by atoms with Gasteiger partial charge in [0.2, 0.25) is 0 Å². The van der Waals surface area contributed by atoms with Gasteiger partial charge in [0.15, 0.2) is 0 Å². The molecule has 2 rings (SSSR count). The highest BCUT2D eigenvalue weighted by Gasteiger charge is 2.33. The predicted octanol–water partition coefficient (Wildman–Crippen LogP) is 3.25. The smallest absolute Gasteiger partial charge is 0.0812 e. The van der Waals surface area contributed by atoms with Gasteiger partial charge in [-0.2, -0.15) is 11.8 Å². The highest BCUT2D eigenvalue weighted by atomic mass is 32.2. The molecule has 0 saturated carbocycles. The van der Waals surface area contributed by atoms with Crippen LogP contribution in [0.5, 0.6) is 0 Å². The van der Waals surface area contributed by atoms with Gasteiger partial charge in [0.25, 0.3) is 0 Å². The maximum atomic E-state index is 10.2. The van der Waals surface area contributed by atoms with E-state index in [9.17, 15) is 5.11 Å². The van der Waals surface area contributed by atoms with E-state index in [4.69, 9.17) is 0 Å². The number of thioether (sulfide) groups is 1. The Hall–Kier alpha value is -0.410. The first-order chi connectivity index (χ1) is 7.93. The zero-order valence-electron chi connectivity index (χ0n) is 11.2. The molecule has 1 aliphatic rings. The molecule has 2 nitrogen and oxygen atoms in total. The van der Waals surface area contributed by atoms with E-state index in [0.29, 0.717) is 5.25 Å². The van der Waals surface area contributed by atoms with E-state index in [1.54, 1.807) is 0 Å². The van der Waals surface area contributed by atoms with Crippen molar-refractivity contribution in [1.82, 2.24) is 4.57 Å². The van der Waals surface area contributed by atoms with Gasteiger partial charge in [-0.15, -0.1) is 0 Å². The molecule has 0 radical (unpaired) electrons. The molecular weight excluding hydrogens is 230 g/mol. The predicted molar refractivity (Wildman–Crippen MR) is 74.5 cm³/mol. The molecule has 1 N–H and O–H groups in total. The van der Waals surface area contributed by atoms with Gasteiger partial charge in [-0.1, -0.05) is 20.8 Å². The largest absolute Gasteiger partial charge is 0.388 e. The Bertz CT molecular complexity index is 397. The average molecular weight is 253 g/mol. The Morgan fingerprint density at radius 3 is 2.94 bits per heavy atom. The fraction of sp³-hybridized carbons (Fsp3) is 0.714. The molecule has 0 saturated heterocycles. The van der Waals surface area contributed by atoms with Crippen LogP contribution in [0.4, 0.5) is 0 Å². The van der Waals surface area contributed by atoms with Crippen LogP contribution in [0.15, 0.2) is 12.3 Å². The molecule has 17 heavy (non-hydrogen) atoms. The fourth-order valence-electron chi connectivity index (χ4n) is 2.71. The van der Waals surface area contributed by atoms with Gasteiger partial charge in [-0.25, -0.2) is 0 Å². The third-order valence-corrected chi connectivity index (χ3v) is 4.67. The normalized spacial score (nSPS) is 24.4. The van der Waals surface area contributed by atoms with Gasteiger partial charge < -0.3 is 9.67 Å². The lowest BCUT2D eigenvalue weighted by molar-refractivity contribution is 0.0979. The van der Waals surface area contributed by atoms with Crippen molar-refractivity contribution in [2.75, 3.05) is 6.26 Å². The van der Waals surface area contributed by atoms with Crippen LogP contribution in [0, 0.1) is 5.41 Å². The Labute approximate surface area is 108 Å². The van der Waals surface area contributed by atoms with Crippen molar-refractivity contribution in [3.8, 4) is 0 Å². The van der Waals surface area contributed by atoms with Crippen molar-refractivity contribution in [2.24, 2.45) is 5.41 Å². The van der Waals surface area contributed by atoms with Crippen molar-refractivity contribution >= 4 is 11.8 Å². The van der Waals surface area contributed by atoms with Gasteiger partial charge in [0, 0.05) is 29.2 Å². The van der Waals surface area contributed by atoms with Crippen LogP contribution in [0.3, 0.4) is 0 Å². The Morgan fingerprint density at radius 1 is 1.59 bits per heavy atom. The highest BCUT2D eigenvalue weighted by Crippen LogP contribution is 2.41. The summed E-state index contributed by atoms with van der Waals surface area (Å²) in [7, 11) is 0. The first-order valence-corrected chi connectivity index (χ1v) is 7.60. The summed E-state index contributed by atoms with van der Waals surface area (Å²) >= 11 is 1.89. The summed E-state index contributed by atoms with van der Waals surface area (Å²) in [5, 5.41) is 10.8. The zero-order valence-corrected chi connectivity index (χ0v) is 12.0. The number of hydrogen-bond acceptors (Lipinski definition) is 2. The first-order valence-electron chi connectivity index (χ1n) is 6.32. The minimum atomic E-state index is -0.278. The van der Waals surface area contributed by atoms with Gasteiger partial charge in [-0.3, -0.25) is 0 Å². The lowest BCUT2D eigenvalue weighted by Gasteiger charge is -2.34. The molecule has 96 valence electrons. The maximum absolute atomic E-state index is 10.2. The van der Waals surface area contributed by atoms with Gasteiger partial charge in [0.05, 0.1) is 6.10 Å². The summed E-state index contributed by atoms with van der Waals surface area (Å²) in [5.74, 6) is 0. The molecule has 1 aliphatic carbocycles. The Balaban J connectivity index is 2.27. The molecule has 0 aromatic carbocycles. The minimum Gasteiger partial charge on any atom is -0.388 e. The lowest BCUT2D eigenvalue weighted by Crippen LogP contribution is -2.27. The topological polar surface area (TPSA) is 25.2 Å². The molecule has 1 aromatic rings. The van der Waals surface area contributed by atoms with Crippen molar-refractivity contribution in [2.45, 2.75) is 51.5 Å². The summed E-state index contributed by atoms with van der Waals surface area (Å²) < 4.78 is 2.33. The molecule has 3 heteroatoms. The van der Waals surface area contributed by atoms with Crippen LogP contribution < -0.4 is 0 Å². The Kier molecular flexibility index (Phi) is 3.60. The molecule has 1 heterocycles. The van der Waals surface area contributed by atoms with Crippen LogP contribution in [-0.2, 0) is 13.0 Å². The van der Waals surface area contributed by atoms with E-state index in [2.05, 4.69) is 43.9 Å². The van der Waals surface area contributed by atoms with E-state index < -0.39 is 0 Å². The monoisotopic (exact) mass is 253 g/mol. The van der Waals surface area contributed by atoms with E-state index >= 15 is 0 Å². The summed E-state index contributed by atoms with van der Waals surface area (Å²) in [6.07, 6.45) is 5.97. The third-order valence-electron chi connectivity index (χ3n) is 3.72. The molecule has 0 spiro atoms. The number of rotatable bonds is 3. The number of aliphatic hydroxyl groups excluding tert-OH is 1. The maximum Gasteiger partial charge on any atom is 0.0812 e. The van der Waals surface area contributed by atoms with Crippen LogP contribution in [0.2, 0.25) is 0 Å². The second-order valence-corrected chi connectivity index (χ2v) is 7.25. The number of nitrogens with zero attached hydrogens (tertiary/aromatic N) is 1. The minimum absolute atomic E-state index is 0.213. The zero-order chi connectivity index (χ0) is 12.6. The number of aliphatic hydroxyl groups is 1. The number of hydrogen-bond donors (Lipinski definition) is 1. The summed E-state index contributed by atoms with van der Waals surface area (Å²) in [6.45, 7) is 7.78. The lowest BCUT2D eigenvalue weighted by atomic mass is 9.75. The van der Waals surface area contributed by atoms with Crippen LogP contribution in [-0.4, -0.2) is 21.2 Å². The Morgan fingerprint density at radius 2 is 2.29 bits per heavy atom. The quantitative estimate of drug-likeness (QED) is 0.894. The van der Waals surface area contributed by atoms with Crippen molar-refractivity contribution < 1.29 is 5.11 Å². The van der Waals surface area contributed by atoms with Crippen LogP contribution in [0.1, 0.15) is 44.6 Å². The van der Waals surface area contributed by atoms with Gasteiger partial charge in [-0.05, 0) is 30.6 Å². The van der Waals surface area contributed by atoms with E-state index in [1.807, 2.05) is 11.8 Å². The van der Waals surface area contributed by atoms with E-state index in [0.717, 1.165) is 24.9 Å². The van der Waals surface area contributed by atoms with Gasteiger partial charge in [0.1, 0.15) is 0 Å². The number of aromatic nitrogens is 1. The molecule has 2 atom stereocenters. The molecule has 2 unspecified atom stereocenters. The molecule has 1 aromatic heterocycles. The number of fused-ring (bicyclic) bond motifs is 1. The van der Waals surface area contributed by atoms with Crippen molar-refractivity contribution in [3.63, 3.8) is 0 Å². The second kappa shape index (κ2) is 4.69. The molecule has 0 fully saturated rings. The standard InChI is InChI=1S/C14H23NOS/c1-10(17-4)9-15-6-5-11-12(15)7-14(2,3)8-13(11)16/h5-6,10,13,16H,7-9H2,1-4H3. The molecule has 0 amide bonds. The molecule has 0 aliphatic heterocycles. The first kappa shape index (κ1) is 13.0. The molecule has 0 bridgehead atoms. The van der Waals surface area contributed by atoms with Crippen LogP contribution in [0.25, 0.3) is 0 Å². The average Bonchev–Trinajstić information content (AvgIpc) is 2.60. The SMILES string of the molecule is CSC(C)Cn1ccc2c1CC(C)(C)CC2O. The molecular formula is C14H23NOS. The van der Waals surface area contributed by atoms with Crippen molar-refractivity contribution in [3.05, 3.63) is 23.5 Å². The highest BCUT2D eigenvalue weighted by molar-refractivity contribution is 7.99. The van der Waals surface area contributed by atoms with E-state index in [1.165, 1.54) is 5.69 Å². The summed E-state index contributed by atoms with van der Waals surface area (Å²) in [4.78, 5) is 0. The third kappa shape index (κ3) is 2.71. The second-order valence-electron chi connectivity index (χ2n) is 5.98. The van der Waals surface area contributed by atoms with Crippen molar-refractivity contribution in [1.29, 1.82) is 0 Å².